The highest BCUT2D eigenvalue weighted by Crippen LogP contribution is 2.43. The zero-order valence-electron chi connectivity index (χ0n) is 36.3. The maximum atomic E-state index is 12.9. The minimum atomic E-state index is -0.544. The van der Waals surface area contributed by atoms with E-state index in [0.29, 0.717) is 37.6 Å². The Hall–Kier alpha value is -3.36. The molecule has 0 amide bonds. The summed E-state index contributed by atoms with van der Waals surface area (Å²) in [6, 6.07) is 14.3. The highest BCUT2D eigenvalue weighted by atomic mass is 16.6. The summed E-state index contributed by atoms with van der Waals surface area (Å²) in [4.78, 5) is 25.8. The average Bonchev–Trinajstić information content (AvgIpc) is 3.20. The fraction of sp³-hybridized carbons (Fsp3) is 0.673. The molecule has 0 aromatic heterocycles. The zero-order chi connectivity index (χ0) is 40.9. The Kier molecular flexibility index (Phi) is 25.1. The first-order valence-corrected chi connectivity index (χ1v) is 22.7. The minimum Gasteiger partial charge on any atom is -0.488 e. The first kappa shape index (κ1) is 48.0. The molecule has 0 N–H and O–H groups in total. The third-order valence-corrected chi connectivity index (χ3v) is 10.4. The van der Waals surface area contributed by atoms with Crippen molar-refractivity contribution in [1.29, 1.82) is 0 Å². The Bertz CT molecular complexity index is 1540. The number of rotatable bonds is 34. The fourth-order valence-corrected chi connectivity index (χ4v) is 7.04. The average molecular weight is 793 g/mol. The summed E-state index contributed by atoms with van der Waals surface area (Å²) in [6.07, 6.45) is 19.6. The summed E-state index contributed by atoms with van der Waals surface area (Å²) in [5.74, 6) is 0.981. The molecule has 2 unspecified atom stereocenters. The van der Waals surface area contributed by atoms with Crippen LogP contribution in [0.1, 0.15) is 162 Å². The molecule has 0 radical (unpaired) electrons. The van der Waals surface area contributed by atoms with E-state index in [1.54, 1.807) is 0 Å². The Morgan fingerprint density at radius 2 is 0.877 bits per heavy atom. The lowest BCUT2D eigenvalue weighted by atomic mass is 9.99. The van der Waals surface area contributed by atoms with Crippen molar-refractivity contribution in [2.75, 3.05) is 39.6 Å². The molecular weight excluding hydrogens is 717 g/mol. The van der Waals surface area contributed by atoms with Crippen molar-refractivity contribution in [3.63, 3.8) is 0 Å². The maximum absolute atomic E-state index is 12.9. The molecule has 3 aromatic carbocycles. The molecule has 2 atom stereocenters. The molecule has 0 aliphatic heterocycles. The van der Waals surface area contributed by atoms with Crippen LogP contribution >= 0.6 is 0 Å². The van der Waals surface area contributed by atoms with Crippen molar-refractivity contribution >= 4 is 33.5 Å². The highest BCUT2D eigenvalue weighted by molar-refractivity contribution is 6.11. The lowest BCUT2D eigenvalue weighted by Crippen LogP contribution is -2.30. The lowest BCUT2D eigenvalue weighted by Gasteiger charge is -2.23. The zero-order valence-corrected chi connectivity index (χ0v) is 36.3. The van der Waals surface area contributed by atoms with Gasteiger partial charge < -0.3 is 28.4 Å². The van der Waals surface area contributed by atoms with Gasteiger partial charge in [-0.1, -0.05) is 160 Å². The molecule has 0 aliphatic rings. The predicted molar refractivity (Wildman–Crippen MR) is 234 cm³/mol. The molecular formula is C49H76O8. The third-order valence-electron chi connectivity index (χ3n) is 10.4. The van der Waals surface area contributed by atoms with Crippen molar-refractivity contribution in [3.05, 3.63) is 48.0 Å². The van der Waals surface area contributed by atoms with Gasteiger partial charge in [-0.2, -0.15) is 0 Å². The van der Waals surface area contributed by atoms with Crippen LogP contribution in [0.15, 0.2) is 42.5 Å². The summed E-state index contributed by atoms with van der Waals surface area (Å²) in [5, 5.41) is 3.57. The first-order valence-electron chi connectivity index (χ1n) is 22.7. The van der Waals surface area contributed by atoms with E-state index < -0.39 is 12.2 Å². The maximum Gasteiger partial charge on any atom is 0.306 e. The Morgan fingerprint density at radius 3 is 1.35 bits per heavy atom. The van der Waals surface area contributed by atoms with Crippen molar-refractivity contribution in [2.24, 2.45) is 0 Å². The molecule has 57 heavy (non-hydrogen) atoms. The van der Waals surface area contributed by atoms with E-state index in [2.05, 4.69) is 52.8 Å². The Labute approximate surface area is 345 Å². The first-order chi connectivity index (χ1) is 27.9. The minimum absolute atomic E-state index is 0.162. The van der Waals surface area contributed by atoms with E-state index in [1.165, 1.54) is 51.4 Å². The quantitative estimate of drug-likeness (QED) is 0.0335. The molecule has 0 bridgehead atoms. The lowest BCUT2D eigenvalue weighted by molar-refractivity contribution is -0.155. The van der Waals surface area contributed by atoms with Crippen molar-refractivity contribution in [2.45, 2.75) is 175 Å². The smallest absolute Gasteiger partial charge is 0.306 e. The molecule has 3 rings (SSSR count). The molecule has 0 heterocycles. The van der Waals surface area contributed by atoms with Crippen LogP contribution in [-0.4, -0.2) is 63.8 Å². The summed E-state index contributed by atoms with van der Waals surface area (Å²) in [5.41, 5.74) is 1.08. The number of unbranched alkanes of at least 4 members (excludes halogenated alkanes) is 14. The van der Waals surface area contributed by atoms with Gasteiger partial charge >= 0.3 is 11.9 Å². The number of carbonyl (C=O) groups is 2. The van der Waals surface area contributed by atoms with E-state index in [0.717, 1.165) is 91.3 Å². The summed E-state index contributed by atoms with van der Waals surface area (Å²) >= 11 is 0. The SMILES string of the molecule is CCCCCCCCOCC(COc1c2ccccc2c(OCC(COCCCCCCCC)OC(=O)CCCCC)c2cc(C)ccc12)OC(=O)CCCCC. The highest BCUT2D eigenvalue weighted by Gasteiger charge is 2.22. The molecule has 0 saturated carbocycles. The third kappa shape index (κ3) is 18.8. The van der Waals surface area contributed by atoms with Crippen LogP contribution in [0.2, 0.25) is 0 Å². The number of ether oxygens (including phenoxy) is 6. The van der Waals surface area contributed by atoms with Gasteiger partial charge in [-0.15, -0.1) is 0 Å². The van der Waals surface area contributed by atoms with Crippen LogP contribution in [0, 0.1) is 6.92 Å². The van der Waals surface area contributed by atoms with E-state index >= 15 is 0 Å². The van der Waals surface area contributed by atoms with Gasteiger partial charge in [-0.25, -0.2) is 0 Å². The second-order valence-corrected chi connectivity index (χ2v) is 15.7. The number of hydrogen-bond acceptors (Lipinski definition) is 8. The van der Waals surface area contributed by atoms with Crippen molar-refractivity contribution in [3.8, 4) is 11.5 Å². The molecule has 3 aromatic rings. The van der Waals surface area contributed by atoms with E-state index in [4.69, 9.17) is 28.4 Å². The standard InChI is InChI=1S/C49H76O8/c1-6-10-14-16-18-24-32-52-35-40(56-46(50)28-20-12-8-3)37-54-48-42-26-22-23-27-43(42)49(45-34-39(5)30-31-44(45)48)55-38-41(57-47(51)29-21-13-9-4)36-53-33-25-19-17-15-11-7-2/h22-23,26-27,30-31,34,40-41H,6-21,24-25,28-29,32-33,35-38H2,1-5H3. The van der Waals surface area contributed by atoms with E-state index in [9.17, 15) is 9.59 Å². The summed E-state index contributed by atoms with van der Waals surface area (Å²) < 4.78 is 37.5. The van der Waals surface area contributed by atoms with Crippen LogP contribution in [0.3, 0.4) is 0 Å². The second-order valence-electron chi connectivity index (χ2n) is 15.7. The van der Waals surface area contributed by atoms with Gasteiger partial charge in [0.05, 0.1) is 13.2 Å². The van der Waals surface area contributed by atoms with E-state index in [-0.39, 0.29) is 38.4 Å². The van der Waals surface area contributed by atoms with Crippen LogP contribution < -0.4 is 9.47 Å². The van der Waals surface area contributed by atoms with Crippen LogP contribution in [-0.2, 0) is 28.5 Å². The number of hydrogen-bond donors (Lipinski definition) is 0. The second kappa shape index (κ2) is 29.8. The molecule has 0 spiro atoms. The van der Waals surface area contributed by atoms with Gasteiger partial charge in [0.2, 0.25) is 0 Å². The molecule has 0 aliphatic carbocycles. The van der Waals surface area contributed by atoms with Gasteiger partial charge in [-0.05, 0) is 38.7 Å². The van der Waals surface area contributed by atoms with E-state index in [1.807, 2.05) is 24.3 Å². The van der Waals surface area contributed by atoms with Crippen LogP contribution in [0.25, 0.3) is 21.5 Å². The van der Waals surface area contributed by atoms with Gasteiger partial charge in [0, 0.05) is 47.6 Å². The van der Waals surface area contributed by atoms with Crippen LogP contribution in [0.4, 0.5) is 0 Å². The molecule has 320 valence electrons. The van der Waals surface area contributed by atoms with Gasteiger partial charge in [-0.3, -0.25) is 9.59 Å². The fourth-order valence-electron chi connectivity index (χ4n) is 7.04. The number of fused-ring (bicyclic) bond motifs is 2. The molecule has 8 heteroatoms. The normalized spacial score (nSPS) is 12.5. The number of carbonyl (C=O) groups excluding carboxylic acids is 2. The monoisotopic (exact) mass is 793 g/mol. The van der Waals surface area contributed by atoms with Crippen LogP contribution in [0.5, 0.6) is 11.5 Å². The van der Waals surface area contributed by atoms with Crippen molar-refractivity contribution in [1.82, 2.24) is 0 Å². The topological polar surface area (TPSA) is 89.5 Å². The predicted octanol–water partition coefficient (Wildman–Crippen LogP) is 12.8. The van der Waals surface area contributed by atoms with Gasteiger partial charge in [0.25, 0.3) is 0 Å². The van der Waals surface area contributed by atoms with Gasteiger partial charge in [0.1, 0.15) is 24.7 Å². The van der Waals surface area contributed by atoms with Gasteiger partial charge in [0.15, 0.2) is 12.2 Å². The number of esters is 2. The molecule has 0 saturated heterocycles. The Balaban J connectivity index is 1.81. The summed E-state index contributed by atoms with van der Waals surface area (Å²) in [7, 11) is 0. The number of benzene rings is 3. The number of aryl methyl sites for hydroxylation is 1. The molecule has 0 fully saturated rings. The van der Waals surface area contributed by atoms with Crippen molar-refractivity contribution < 1.29 is 38.0 Å². The molecule has 8 nitrogen and oxygen atoms in total. The summed E-state index contributed by atoms with van der Waals surface area (Å²) in [6.45, 7) is 12.9. The largest absolute Gasteiger partial charge is 0.488 e. The Morgan fingerprint density at radius 1 is 0.474 bits per heavy atom.